The van der Waals surface area contributed by atoms with E-state index in [1.807, 2.05) is 13.8 Å². The number of morpholine rings is 1. The van der Waals surface area contributed by atoms with Crippen LogP contribution in [0.4, 0.5) is 13.2 Å². The molecule has 0 aromatic heterocycles. The summed E-state index contributed by atoms with van der Waals surface area (Å²) >= 11 is 0. The fourth-order valence-corrected chi connectivity index (χ4v) is 3.55. The molecule has 0 unspecified atom stereocenters. The van der Waals surface area contributed by atoms with Gasteiger partial charge in [-0.25, -0.2) is 0 Å². The van der Waals surface area contributed by atoms with E-state index in [-0.39, 0.29) is 24.0 Å². The second-order valence-electron chi connectivity index (χ2n) is 6.77. The number of hydrogen-bond donors (Lipinski definition) is 1. The third-order valence-corrected chi connectivity index (χ3v) is 4.86. The van der Waals surface area contributed by atoms with Crippen molar-refractivity contribution < 1.29 is 17.9 Å². The molecule has 0 atom stereocenters. The first kappa shape index (κ1) is 16.0. The highest BCUT2D eigenvalue weighted by molar-refractivity contribution is 4.99. The van der Waals surface area contributed by atoms with E-state index in [0.717, 1.165) is 13.1 Å². The second kappa shape index (κ2) is 5.46. The van der Waals surface area contributed by atoms with Crippen molar-refractivity contribution in [3.05, 3.63) is 0 Å². The maximum absolute atomic E-state index is 12.8. The van der Waals surface area contributed by atoms with E-state index in [0.29, 0.717) is 26.0 Å². The largest absolute Gasteiger partial charge is 0.391 e. The molecular formula is C14H25F3N2O. The molecule has 1 heterocycles. The monoisotopic (exact) mass is 294 g/mol. The summed E-state index contributed by atoms with van der Waals surface area (Å²) in [6.07, 6.45) is -2.62. The maximum atomic E-state index is 12.8. The van der Waals surface area contributed by atoms with Gasteiger partial charge in [-0.05, 0) is 39.5 Å². The highest BCUT2D eigenvalue weighted by Crippen LogP contribution is 2.43. The van der Waals surface area contributed by atoms with Gasteiger partial charge in [0, 0.05) is 25.2 Å². The van der Waals surface area contributed by atoms with E-state index >= 15 is 0 Å². The average Bonchev–Trinajstić information content (AvgIpc) is 2.36. The summed E-state index contributed by atoms with van der Waals surface area (Å²) in [6, 6.07) is 0. The van der Waals surface area contributed by atoms with Crippen LogP contribution in [0.3, 0.4) is 0 Å². The molecule has 2 N–H and O–H groups in total. The van der Waals surface area contributed by atoms with Crippen molar-refractivity contribution >= 4 is 0 Å². The fraction of sp³-hybridized carbons (Fsp3) is 1.00. The summed E-state index contributed by atoms with van der Waals surface area (Å²) in [4.78, 5) is 2.27. The number of hydrogen-bond acceptors (Lipinski definition) is 3. The Morgan fingerprint density at radius 2 is 1.85 bits per heavy atom. The van der Waals surface area contributed by atoms with Gasteiger partial charge in [-0.1, -0.05) is 0 Å². The summed E-state index contributed by atoms with van der Waals surface area (Å²) in [7, 11) is 0. The third-order valence-electron chi connectivity index (χ3n) is 4.86. The lowest BCUT2D eigenvalue weighted by Gasteiger charge is -2.52. The molecule has 0 spiro atoms. The SMILES string of the molecule is CC1(C)CN(C2(CN)CCC(C(F)(F)F)CC2)CCO1. The minimum Gasteiger partial charge on any atom is -0.373 e. The van der Waals surface area contributed by atoms with Crippen molar-refractivity contribution in [1.29, 1.82) is 0 Å². The molecule has 0 aromatic rings. The first-order valence-corrected chi connectivity index (χ1v) is 7.34. The number of ether oxygens (including phenoxy) is 1. The smallest absolute Gasteiger partial charge is 0.373 e. The molecule has 1 aliphatic heterocycles. The Kier molecular flexibility index (Phi) is 4.38. The highest BCUT2D eigenvalue weighted by Gasteiger charge is 2.48. The van der Waals surface area contributed by atoms with Crippen molar-refractivity contribution in [1.82, 2.24) is 4.90 Å². The van der Waals surface area contributed by atoms with Gasteiger partial charge in [-0.2, -0.15) is 13.2 Å². The number of nitrogens with two attached hydrogens (primary N) is 1. The van der Waals surface area contributed by atoms with Gasteiger partial charge < -0.3 is 10.5 Å². The summed E-state index contributed by atoms with van der Waals surface area (Å²) in [5.74, 6) is -1.16. The van der Waals surface area contributed by atoms with Crippen molar-refractivity contribution in [2.45, 2.75) is 56.8 Å². The summed E-state index contributed by atoms with van der Waals surface area (Å²) < 4.78 is 44.1. The van der Waals surface area contributed by atoms with E-state index in [2.05, 4.69) is 4.90 Å². The minimum atomic E-state index is -4.06. The zero-order valence-corrected chi connectivity index (χ0v) is 12.3. The predicted molar refractivity (Wildman–Crippen MR) is 71.4 cm³/mol. The van der Waals surface area contributed by atoms with E-state index in [9.17, 15) is 13.2 Å². The lowest BCUT2D eigenvalue weighted by molar-refractivity contribution is -0.193. The van der Waals surface area contributed by atoms with Crippen molar-refractivity contribution in [2.75, 3.05) is 26.2 Å². The fourth-order valence-electron chi connectivity index (χ4n) is 3.55. The predicted octanol–water partition coefficient (Wildman–Crippen LogP) is 2.55. The molecule has 0 radical (unpaired) electrons. The van der Waals surface area contributed by atoms with Crippen molar-refractivity contribution in [3.8, 4) is 0 Å². The Balaban J connectivity index is 2.05. The molecule has 3 nitrogen and oxygen atoms in total. The molecule has 118 valence electrons. The molecule has 20 heavy (non-hydrogen) atoms. The number of alkyl halides is 3. The van der Waals surface area contributed by atoms with Gasteiger partial charge in [-0.3, -0.25) is 4.90 Å². The van der Waals surface area contributed by atoms with E-state index < -0.39 is 12.1 Å². The first-order valence-electron chi connectivity index (χ1n) is 7.34. The van der Waals surface area contributed by atoms with Crippen LogP contribution in [0.5, 0.6) is 0 Å². The minimum absolute atomic E-state index is 0.193. The Hall–Kier alpha value is -0.330. The number of rotatable bonds is 2. The summed E-state index contributed by atoms with van der Waals surface area (Å²) in [5.41, 5.74) is 5.42. The van der Waals surface area contributed by atoms with Crippen LogP contribution in [0.1, 0.15) is 39.5 Å². The van der Waals surface area contributed by atoms with Crippen LogP contribution < -0.4 is 5.73 Å². The van der Waals surface area contributed by atoms with Gasteiger partial charge >= 0.3 is 6.18 Å². The Morgan fingerprint density at radius 1 is 1.25 bits per heavy atom. The van der Waals surface area contributed by atoms with E-state index in [1.165, 1.54) is 0 Å². The summed E-state index contributed by atoms with van der Waals surface area (Å²) in [5, 5.41) is 0. The van der Waals surface area contributed by atoms with Gasteiger partial charge in [0.2, 0.25) is 0 Å². The first-order chi connectivity index (χ1) is 9.19. The topological polar surface area (TPSA) is 38.5 Å². The average molecular weight is 294 g/mol. The molecule has 1 aliphatic carbocycles. The lowest BCUT2D eigenvalue weighted by atomic mass is 9.74. The van der Waals surface area contributed by atoms with E-state index in [4.69, 9.17) is 10.5 Å². The molecule has 1 saturated heterocycles. The number of halogens is 3. The van der Waals surface area contributed by atoms with Gasteiger partial charge in [-0.15, -0.1) is 0 Å². The van der Waals surface area contributed by atoms with Crippen LogP contribution in [-0.2, 0) is 4.74 Å². The van der Waals surface area contributed by atoms with Crippen LogP contribution in [0.25, 0.3) is 0 Å². The maximum Gasteiger partial charge on any atom is 0.391 e. The van der Waals surface area contributed by atoms with Gasteiger partial charge in [0.25, 0.3) is 0 Å². The molecular weight excluding hydrogens is 269 g/mol. The van der Waals surface area contributed by atoms with Gasteiger partial charge in [0.15, 0.2) is 0 Å². The van der Waals surface area contributed by atoms with Crippen LogP contribution in [0.2, 0.25) is 0 Å². The Labute approximate surface area is 118 Å². The van der Waals surface area contributed by atoms with Gasteiger partial charge in [0.1, 0.15) is 0 Å². The molecule has 2 rings (SSSR count). The quantitative estimate of drug-likeness (QED) is 0.850. The lowest BCUT2D eigenvalue weighted by Crippen LogP contribution is -2.62. The highest BCUT2D eigenvalue weighted by atomic mass is 19.4. The number of nitrogens with zero attached hydrogens (tertiary/aromatic N) is 1. The molecule has 1 saturated carbocycles. The zero-order valence-electron chi connectivity index (χ0n) is 12.3. The standard InChI is InChI=1S/C14H25F3N2O/c1-12(2)10-19(7-8-20-12)13(9-18)5-3-11(4-6-13)14(15,16)17/h11H,3-10,18H2,1-2H3. The Bertz CT molecular complexity index is 336. The zero-order chi connectivity index (χ0) is 15.0. The molecule has 2 fully saturated rings. The Morgan fingerprint density at radius 3 is 2.30 bits per heavy atom. The molecule has 6 heteroatoms. The molecule has 0 amide bonds. The second-order valence-corrected chi connectivity index (χ2v) is 6.77. The van der Waals surface area contributed by atoms with Crippen LogP contribution >= 0.6 is 0 Å². The van der Waals surface area contributed by atoms with E-state index in [1.54, 1.807) is 0 Å². The molecule has 0 bridgehead atoms. The van der Waals surface area contributed by atoms with Crippen LogP contribution in [0, 0.1) is 5.92 Å². The summed E-state index contributed by atoms with van der Waals surface area (Å²) in [6.45, 7) is 6.58. The van der Waals surface area contributed by atoms with Crippen molar-refractivity contribution in [3.63, 3.8) is 0 Å². The third kappa shape index (κ3) is 3.28. The van der Waals surface area contributed by atoms with Crippen molar-refractivity contribution in [2.24, 2.45) is 11.7 Å². The molecule has 0 aromatic carbocycles. The molecule has 2 aliphatic rings. The van der Waals surface area contributed by atoms with Gasteiger partial charge in [0.05, 0.1) is 18.1 Å². The van der Waals surface area contributed by atoms with Crippen LogP contribution in [-0.4, -0.2) is 48.5 Å². The normalized spacial score (nSPS) is 36.0. The van der Waals surface area contributed by atoms with Crippen LogP contribution in [0.15, 0.2) is 0 Å².